The number of aromatic nitrogens is 2. The van der Waals surface area contributed by atoms with Crippen molar-refractivity contribution in [1.82, 2.24) is 9.97 Å². The van der Waals surface area contributed by atoms with Crippen molar-refractivity contribution in [3.8, 4) is 0 Å². The zero-order valence-corrected chi connectivity index (χ0v) is 10.1. The van der Waals surface area contributed by atoms with Gasteiger partial charge in [-0.3, -0.25) is 0 Å². The van der Waals surface area contributed by atoms with Gasteiger partial charge >= 0.3 is 0 Å². The van der Waals surface area contributed by atoms with Crippen molar-refractivity contribution in [1.29, 1.82) is 0 Å². The van der Waals surface area contributed by atoms with E-state index in [2.05, 4.69) is 22.2 Å². The maximum atomic E-state index is 9.16. The van der Waals surface area contributed by atoms with Gasteiger partial charge in [0, 0.05) is 12.5 Å². The van der Waals surface area contributed by atoms with Gasteiger partial charge in [-0.2, -0.15) is 0 Å². The summed E-state index contributed by atoms with van der Waals surface area (Å²) in [4.78, 5) is 8.49. The molecule has 1 rings (SSSR count). The number of nitrogens with one attached hydrogen (secondary N) is 1. The predicted molar refractivity (Wildman–Crippen MR) is 65.2 cm³/mol. The SMILES string of the molecule is CCCc1nc(N)cc(NC(C)(C)CO)n1. The molecule has 1 heterocycles. The number of hydrogen-bond donors (Lipinski definition) is 3. The third-order valence-electron chi connectivity index (χ3n) is 2.13. The molecule has 0 bridgehead atoms. The number of aliphatic hydroxyl groups excluding tert-OH is 1. The lowest BCUT2D eigenvalue weighted by molar-refractivity contribution is 0.234. The molecule has 0 aliphatic rings. The fourth-order valence-corrected chi connectivity index (χ4v) is 1.30. The van der Waals surface area contributed by atoms with Crippen LogP contribution in [0.1, 0.15) is 33.0 Å². The minimum Gasteiger partial charge on any atom is -0.394 e. The Hall–Kier alpha value is -1.36. The molecule has 90 valence electrons. The van der Waals surface area contributed by atoms with E-state index in [4.69, 9.17) is 10.8 Å². The Morgan fingerprint density at radius 1 is 1.44 bits per heavy atom. The molecule has 0 saturated heterocycles. The van der Waals surface area contributed by atoms with Crippen molar-refractivity contribution >= 4 is 11.6 Å². The van der Waals surface area contributed by atoms with Crippen LogP contribution in [-0.2, 0) is 6.42 Å². The molecule has 0 saturated carbocycles. The summed E-state index contributed by atoms with van der Waals surface area (Å²) in [6.45, 7) is 5.88. The van der Waals surface area contributed by atoms with Crippen molar-refractivity contribution in [3.05, 3.63) is 11.9 Å². The van der Waals surface area contributed by atoms with Crippen LogP contribution in [0.5, 0.6) is 0 Å². The van der Waals surface area contributed by atoms with Crippen LogP contribution in [0.3, 0.4) is 0 Å². The quantitative estimate of drug-likeness (QED) is 0.699. The van der Waals surface area contributed by atoms with E-state index in [0.29, 0.717) is 11.6 Å². The van der Waals surface area contributed by atoms with Crippen molar-refractivity contribution < 1.29 is 5.11 Å². The number of nitrogen functional groups attached to an aromatic ring is 1. The van der Waals surface area contributed by atoms with Crippen molar-refractivity contribution in [2.75, 3.05) is 17.7 Å². The van der Waals surface area contributed by atoms with Gasteiger partial charge in [0.25, 0.3) is 0 Å². The molecule has 4 N–H and O–H groups in total. The number of rotatable bonds is 5. The molecule has 0 aliphatic heterocycles. The van der Waals surface area contributed by atoms with Crippen LogP contribution < -0.4 is 11.1 Å². The number of nitrogens with two attached hydrogens (primary N) is 1. The Morgan fingerprint density at radius 3 is 2.69 bits per heavy atom. The first-order valence-corrected chi connectivity index (χ1v) is 5.49. The maximum absolute atomic E-state index is 9.16. The second kappa shape index (κ2) is 5.12. The normalized spacial score (nSPS) is 11.5. The Bertz CT molecular complexity index is 352. The smallest absolute Gasteiger partial charge is 0.133 e. The minimum atomic E-state index is -0.412. The molecule has 1 aromatic heterocycles. The van der Waals surface area contributed by atoms with Gasteiger partial charge in [-0.1, -0.05) is 6.92 Å². The highest BCUT2D eigenvalue weighted by molar-refractivity contribution is 5.46. The predicted octanol–water partition coefficient (Wildman–Crippen LogP) is 1.19. The van der Waals surface area contributed by atoms with Gasteiger partial charge < -0.3 is 16.2 Å². The third kappa shape index (κ3) is 3.66. The molecule has 16 heavy (non-hydrogen) atoms. The molecule has 0 amide bonds. The van der Waals surface area contributed by atoms with Gasteiger partial charge in [-0.05, 0) is 20.3 Å². The van der Waals surface area contributed by atoms with E-state index < -0.39 is 5.54 Å². The molecule has 0 aliphatic carbocycles. The zero-order valence-electron chi connectivity index (χ0n) is 10.1. The fourth-order valence-electron chi connectivity index (χ4n) is 1.30. The number of nitrogens with zero attached hydrogens (tertiary/aromatic N) is 2. The van der Waals surface area contributed by atoms with Crippen LogP contribution in [-0.4, -0.2) is 27.2 Å². The van der Waals surface area contributed by atoms with Crippen LogP contribution in [0.25, 0.3) is 0 Å². The summed E-state index contributed by atoms with van der Waals surface area (Å²) in [5.41, 5.74) is 5.28. The van der Waals surface area contributed by atoms with Crippen molar-refractivity contribution in [3.63, 3.8) is 0 Å². The van der Waals surface area contributed by atoms with Gasteiger partial charge in [-0.25, -0.2) is 9.97 Å². The zero-order chi connectivity index (χ0) is 12.2. The highest BCUT2D eigenvalue weighted by Crippen LogP contribution is 2.15. The second-order valence-corrected chi connectivity index (χ2v) is 4.51. The maximum Gasteiger partial charge on any atom is 0.133 e. The molecule has 0 unspecified atom stereocenters. The van der Waals surface area contributed by atoms with E-state index >= 15 is 0 Å². The fraction of sp³-hybridized carbons (Fsp3) is 0.636. The molecule has 0 spiro atoms. The van der Waals surface area contributed by atoms with Crippen LogP contribution in [0.2, 0.25) is 0 Å². The summed E-state index contributed by atoms with van der Waals surface area (Å²) in [5, 5.41) is 12.3. The Labute approximate surface area is 96.1 Å². The average Bonchev–Trinajstić information content (AvgIpc) is 2.16. The summed E-state index contributed by atoms with van der Waals surface area (Å²) >= 11 is 0. The van der Waals surface area contributed by atoms with Crippen LogP contribution in [0, 0.1) is 0 Å². The summed E-state index contributed by atoms with van der Waals surface area (Å²) in [6.07, 6.45) is 1.78. The Kier molecular flexibility index (Phi) is 4.06. The monoisotopic (exact) mass is 224 g/mol. The van der Waals surface area contributed by atoms with Gasteiger partial charge in [0.05, 0.1) is 12.1 Å². The molecular formula is C11H20N4O. The number of aryl methyl sites for hydroxylation is 1. The lowest BCUT2D eigenvalue weighted by Gasteiger charge is -2.24. The lowest BCUT2D eigenvalue weighted by atomic mass is 10.1. The highest BCUT2D eigenvalue weighted by Gasteiger charge is 2.16. The summed E-state index contributed by atoms with van der Waals surface area (Å²) in [6, 6.07) is 1.68. The second-order valence-electron chi connectivity index (χ2n) is 4.51. The van der Waals surface area contributed by atoms with Crippen LogP contribution >= 0.6 is 0 Å². The third-order valence-corrected chi connectivity index (χ3v) is 2.13. The molecule has 0 atom stereocenters. The van der Waals surface area contributed by atoms with E-state index in [9.17, 15) is 0 Å². The van der Waals surface area contributed by atoms with Gasteiger partial charge in [-0.15, -0.1) is 0 Å². The number of hydrogen-bond acceptors (Lipinski definition) is 5. The van der Waals surface area contributed by atoms with E-state index in [1.54, 1.807) is 6.07 Å². The largest absolute Gasteiger partial charge is 0.394 e. The van der Waals surface area contributed by atoms with Gasteiger partial charge in [0.2, 0.25) is 0 Å². The summed E-state index contributed by atoms with van der Waals surface area (Å²) < 4.78 is 0. The Balaban J connectivity index is 2.87. The van der Waals surface area contributed by atoms with E-state index in [0.717, 1.165) is 18.7 Å². The van der Waals surface area contributed by atoms with Crippen molar-refractivity contribution in [2.45, 2.75) is 39.2 Å². The van der Waals surface area contributed by atoms with Gasteiger partial charge in [0.1, 0.15) is 17.5 Å². The van der Waals surface area contributed by atoms with Crippen LogP contribution in [0.4, 0.5) is 11.6 Å². The molecule has 0 fully saturated rings. The molecule has 5 heteroatoms. The number of anilines is 2. The summed E-state index contributed by atoms with van der Waals surface area (Å²) in [5.74, 6) is 1.85. The van der Waals surface area contributed by atoms with E-state index in [1.165, 1.54) is 0 Å². The molecule has 1 aromatic rings. The molecule has 5 nitrogen and oxygen atoms in total. The highest BCUT2D eigenvalue weighted by atomic mass is 16.3. The average molecular weight is 224 g/mol. The first-order chi connectivity index (χ1) is 7.46. The molecular weight excluding hydrogens is 204 g/mol. The first-order valence-electron chi connectivity index (χ1n) is 5.49. The van der Waals surface area contributed by atoms with Gasteiger partial charge in [0.15, 0.2) is 0 Å². The van der Waals surface area contributed by atoms with E-state index in [1.807, 2.05) is 13.8 Å². The molecule has 0 radical (unpaired) electrons. The Morgan fingerprint density at radius 2 is 2.12 bits per heavy atom. The lowest BCUT2D eigenvalue weighted by Crippen LogP contribution is -2.35. The first kappa shape index (κ1) is 12.7. The standard InChI is InChI=1S/C11H20N4O/c1-4-5-9-13-8(12)6-10(14-9)15-11(2,3)7-16/h6,16H,4-5,7H2,1-3H3,(H3,12,13,14,15). The topological polar surface area (TPSA) is 84.1 Å². The van der Waals surface area contributed by atoms with Crippen molar-refractivity contribution in [2.24, 2.45) is 0 Å². The molecule has 0 aromatic carbocycles. The van der Waals surface area contributed by atoms with Crippen LogP contribution in [0.15, 0.2) is 6.07 Å². The minimum absolute atomic E-state index is 0.0278. The van der Waals surface area contributed by atoms with E-state index in [-0.39, 0.29) is 6.61 Å². The summed E-state index contributed by atoms with van der Waals surface area (Å²) in [7, 11) is 0. The number of aliphatic hydroxyl groups is 1.